The Labute approximate surface area is 164 Å². The number of aromatic hydroxyl groups is 2. The van der Waals surface area contributed by atoms with Gasteiger partial charge in [0.05, 0.1) is 5.69 Å². The van der Waals surface area contributed by atoms with Crippen molar-refractivity contribution in [2.24, 2.45) is 0 Å². The molecule has 0 spiro atoms. The fourth-order valence-corrected chi connectivity index (χ4v) is 3.59. The van der Waals surface area contributed by atoms with E-state index in [0.717, 1.165) is 17.0 Å². The number of allylic oxidation sites excluding steroid dienone is 1. The normalized spacial score (nSPS) is 14.4. The molecule has 1 aliphatic heterocycles. The van der Waals surface area contributed by atoms with Gasteiger partial charge in [-0.15, -0.1) is 0 Å². The van der Waals surface area contributed by atoms with Crippen LogP contribution in [0.25, 0.3) is 28.2 Å². The molecular weight excluding hydrogens is 373 g/mol. The predicted octanol–water partition coefficient (Wildman–Crippen LogP) is 5.00. The van der Waals surface area contributed by atoms with Crippen LogP contribution in [0.3, 0.4) is 0 Å². The van der Waals surface area contributed by atoms with Gasteiger partial charge in [-0.3, -0.25) is 4.79 Å². The number of ether oxygens (including phenoxy) is 1. The first-order chi connectivity index (χ1) is 14.0. The van der Waals surface area contributed by atoms with E-state index in [1.165, 1.54) is 18.2 Å². The zero-order chi connectivity index (χ0) is 20.1. The molecule has 0 atom stereocenters. The number of aromatic nitrogens is 1. The summed E-state index contributed by atoms with van der Waals surface area (Å²) < 4.78 is 19.4. The number of ketones is 1. The monoisotopic (exact) mass is 387 g/mol. The van der Waals surface area contributed by atoms with Crippen molar-refractivity contribution in [2.75, 3.05) is 0 Å². The summed E-state index contributed by atoms with van der Waals surface area (Å²) in [6, 6.07) is 16.0. The number of Topliss-reactive ketones (excluding diaryl/α,β-unsaturated/α-hetero) is 1. The van der Waals surface area contributed by atoms with Crippen LogP contribution in [0.5, 0.6) is 17.2 Å². The summed E-state index contributed by atoms with van der Waals surface area (Å²) in [6.45, 7) is 0. The average molecular weight is 387 g/mol. The Morgan fingerprint density at radius 3 is 2.66 bits per heavy atom. The highest BCUT2D eigenvalue weighted by molar-refractivity contribution is 6.17. The zero-order valence-electron chi connectivity index (χ0n) is 14.9. The molecule has 0 radical (unpaired) electrons. The van der Waals surface area contributed by atoms with Gasteiger partial charge in [0.15, 0.2) is 5.76 Å². The van der Waals surface area contributed by atoms with Crippen LogP contribution >= 0.6 is 0 Å². The lowest BCUT2D eigenvalue weighted by Gasteiger charge is -2.03. The Kier molecular flexibility index (Phi) is 3.67. The highest BCUT2D eigenvalue weighted by atomic mass is 19.1. The van der Waals surface area contributed by atoms with Gasteiger partial charge >= 0.3 is 0 Å². The van der Waals surface area contributed by atoms with E-state index in [9.17, 15) is 19.4 Å². The largest absolute Gasteiger partial charge is 0.508 e. The summed E-state index contributed by atoms with van der Waals surface area (Å²) in [4.78, 5) is 16.1. The van der Waals surface area contributed by atoms with E-state index >= 15 is 0 Å². The van der Waals surface area contributed by atoms with Crippen LogP contribution in [0.15, 0.2) is 66.4 Å². The van der Waals surface area contributed by atoms with Gasteiger partial charge in [-0.2, -0.15) is 0 Å². The lowest BCUT2D eigenvalue weighted by Crippen LogP contribution is -1.98. The number of hydrogen-bond acceptors (Lipinski definition) is 4. The second-order valence-corrected chi connectivity index (χ2v) is 6.75. The number of H-pyrrole nitrogens is 1. The molecule has 0 fully saturated rings. The number of phenols is 2. The molecule has 3 N–H and O–H groups in total. The zero-order valence-corrected chi connectivity index (χ0v) is 14.9. The molecule has 0 bridgehead atoms. The van der Waals surface area contributed by atoms with Crippen molar-refractivity contribution in [1.29, 1.82) is 0 Å². The maximum atomic E-state index is 13.8. The minimum Gasteiger partial charge on any atom is -0.508 e. The number of hydrogen-bond donors (Lipinski definition) is 3. The van der Waals surface area contributed by atoms with Crippen molar-refractivity contribution in [2.45, 2.75) is 0 Å². The van der Waals surface area contributed by atoms with Crippen molar-refractivity contribution in [3.63, 3.8) is 0 Å². The molecular formula is C23H14FNO4. The summed E-state index contributed by atoms with van der Waals surface area (Å²) in [5.41, 5.74) is 2.74. The van der Waals surface area contributed by atoms with Crippen LogP contribution in [0.4, 0.5) is 4.39 Å². The number of halogens is 1. The average Bonchev–Trinajstić information content (AvgIpc) is 3.20. The first kappa shape index (κ1) is 17.1. The number of para-hydroxylation sites is 1. The van der Waals surface area contributed by atoms with Gasteiger partial charge in [-0.25, -0.2) is 4.39 Å². The van der Waals surface area contributed by atoms with Gasteiger partial charge in [0.1, 0.15) is 28.6 Å². The minimum absolute atomic E-state index is 0.00111. The Morgan fingerprint density at radius 2 is 1.83 bits per heavy atom. The molecule has 5 rings (SSSR count). The van der Waals surface area contributed by atoms with Gasteiger partial charge in [-0.1, -0.05) is 30.3 Å². The topological polar surface area (TPSA) is 82.6 Å². The number of phenolic OH excluding ortho intramolecular Hbond substituents is 2. The van der Waals surface area contributed by atoms with E-state index in [0.29, 0.717) is 16.8 Å². The highest BCUT2D eigenvalue weighted by Gasteiger charge is 2.32. The molecule has 0 saturated carbocycles. The van der Waals surface area contributed by atoms with Gasteiger partial charge in [0.25, 0.3) is 0 Å². The smallest absolute Gasteiger partial charge is 0.235 e. The minimum atomic E-state index is -0.493. The van der Waals surface area contributed by atoms with Crippen LogP contribution in [0, 0.1) is 5.82 Å². The summed E-state index contributed by atoms with van der Waals surface area (Å²) >= 11 is 0. The first-order valence-electron chi connectivity index (χ1n) is 8.88. The summed E-state index contributed by atoms with van der Waals surface area (Å²) in [7, 11) is 0. The Bertz CT molecular complexity index is 1340. The summed E-state index contributed by atoms with van der Waals surface area (Å²) in [5.74, 6) is -1.33. The fourth-order valence-electron chi connectivity index (χ4n) is 3.59. The van der Waals surface area contributed by atoms with Crippen molar-refractivity contribution in [3.8, 4) is 28.5 Å². The Morgan fingerprint density at radius 1 is 1.00 bits per heavy atom. The van der Waals surface area contributed by atoms with E-state index in [1.54, 1.807) is 18.2 Å². The maximum absolute atomic E-state index is 13.8. The SMILES string of the molecule is O=C1/C(=C/c2c(-c3cccc(F)c3)[nH]c3ccccc23)Oc2cc(O)cc(O)c21. The molecule has 0 saturated heterocycles. The predicted molar refractivity (Wildman–Crippen MR) is 106 cm³/mol. The van der Waals surface area contributed by atoms with Crippen LogP contribution < -0.4 is 4.74 Å². The Hall–Kier alpha value is -4.06. The third-order valence-corrected chi connectivity index (χ3v) is 4.87. The Balaban J connectivity index is 1.71. The summed E-state index contributed by atoms with van der Waals surface area (Å²) in [5, 5.41) is 20.5. The van der Waals surface area contributed by atoms with Gasteiger partial charge in [-0.05, 0) is 24.3 Å². The molecule has 2 heterocycles. The lowest BCUT2D eigenvalue weighted by atomic mass is 10.0. The van der Waals surface area contributed by atoms with Crippen LogP contribution in [0.2, 0.25) is 0 Å². The lowest BCUT2D eigenvalue weighted by molar-refractivity contribution is 0.101. The third kappa shape index (κ3) is 2.73. The first-order valence-corrected chi connectivity index (χ1v) is 8.88. The van der Waals surface area contributed by atoms with Crippen molar-refractivity contribution < 1.29 is 24.1 Å². The molecule has 1 aliphatic rings. The van der Waals surface area contributed by atoms with Crippen LogP contribution in [-0.2, 0) is 0 Å². The molecule has 5 nitrogen and oxygen atoms in total. The summed E-state index contributed by atoms with van der Waals surface area (Å²) in [6.07, 6.45) is 1.57. The number of aromatic amines is 1. The van der Waals surface area contributed by atoms with E-state index in [4.69, 9.17) is 4.74 Å². The number of rotatable bonds is 2. The van der Waals surface area contributed by atoms with Crippen molar-refractivity contribution in [1.82, 2.24) is 4.98 Å². The van der Waals surface area contributed by atoms with Crippen LogP contribution in [-0.4, -0.2) is 21.0 Å². The number of nitrogens with one attached hydrogen (secondary N) is 1. The third-order valence-electron chi connectivity index (χ3n) is 4.87. The van der Waals surface area contributed by atoms with Crippen molar-refractivity contribution in [3.05, 3.63) is 83.4 Å². The molecule has 3 aromatic carbocycles. The maximum Gasteiger partial charge on any atom is 0.235 e. The number of fused-ring (bicyclic) bond motifs is 2. The molecule has 6 heteroatoms. The fraction of sp³-hybridized carbons (Fsp3) is 0. The molecule has 29 heavy (non-hydrogen) atoms. The van der Waals surface area contributed by atoms with E-state index in [-0.39, 0.29) is 34.4 Å². The standard InChI is InChI=1S/C23H14FNO4/c24-13-5-3-4-12(8-13)22-16(15-6-1-2-7-17(15)25-22)11-20-23(28)21-18(27)9-14(26)10-19(21)29-20/h1-11,25-27H/b20-11-. The molecule has 0 unspecified atom stereocenters. The number of carbonyl (C=O) groups is 1. The van der Waals surface area contributed by atoms with E-state index in [2.05, 4.69) is 4.98 Å². The van der Waals surface area contributed by atoms with E-state index < -0.39 is 5.78 Å². The van der Waals surface area contributed by atoms with Gasteiger partial charge in [0, 0.05) is 34.2 Å². The highest BCUT2D eigenvalue weighted by Crippen LogP contribution is 2.41. The van der Waals surface area contributed by atoms with Gasteiger partial charge < -0.3 is 19.9 Å². The van der Waals surface area contributed by atoms with E-state index in [1.807, 2.05) is 24.3 Å². The van der Waals surface area contributed by atoms with Gasteiger partial charge in [0.2, 0.25) is 5.78 Å². The molecule has 0 aliphatic carbocycles. The quantitative estimate of drug-likeness (QED) is 0.423. The molecule has 1 aromatic heterocycles. The van der Waals surface area contributed by atoms with Crippen molar-refractivity contribution >= 4 is 22.8 Å². The molecule has 4 aromatic rings. The second kappa shape index (κ2) is 6.24. The molecule has 142 valence electrons. The molecule has 0 amide bonds. The number of carbonyl (C=O) groups excluding carboxylic acids is 1. The second-order valence-electron chi connectivity index (χ2n) is 6.75. The number of benzene rings is 3. The van der Waals surface area contributed by atoms with Crippen LogP contribution in [0.1, 0.15) is 15.9 Å².